The van der Waals surface area contributed by atoms with Gasteiger partial charge in [-0.3, -0.25) is 4.79 Å². The second-order valence-corrected chi connectivity index (χ2v) is 5.87. The Labute approximate surface area is 112 Å². The molecule has 1 aliphatic rings. The SMILES string of the molecule is Nc1ccccc1C(=O)N1CCN(S(N)(=O)=O)CC1. The van der Waals surface area contributed by atoms with Crippen molar-refractivity contribution in [2.75, 3.05) is 31.9 Å². The number of carbonyl (C=O) groups is 1. The van der Waals surface area contributed by atoms with Gasteiger partial charge in [-0.15, -0.1) is 0 Å². The maximum atomic E-state index is 12.2. The van der Waals surface area contributed by atoms with Gasteiger partial charge in [0.25, 0.3) is 16.1 Å². The van der Waals surface area contributed by atoms with Crippen molar-refractivity contribution < 1.29 is 13.2 Å². The summed E-state index contributed by atoms with van der Waals surface area (Å²) in [6.45, 7) is 1.03. The molecule has 0 atom stereocenters. The third-order valence-electron chi connectivity index (χ3n) is 3.08. The first kappa shape index (κ1) is 13.8. The third kappa shape index (κ3) is 3.03. The summed E-state index contributed by atoms with van der Waals surface area (Å²) in [6, 6.07) is 6.81. The number of nitrogens with two attached hydrogens (primary N) is 2. The van der Waals surface area contributed by atoms with Crippen LogP contribution in [0.1, 0.15) is 10.4 Å². The minimum Gasteiger partial charge on any atom is -0.398 e. The van der Waals surface area contributed by atoms with Gasteiger partial charge in [-0.1, -0.05) is 12.1 Å². The lowest BCUT2D eigenvalue weighted by Gasteiger charge is -2.33. The molecule has 0 aromatic heterocycles. The molecular weight excluding hydrogens is 268 g/mol. The van der Waals surface area contributed by atoms with Crippen molar-refractivity contribution in [3.8, 4) is 0 Å². The van der Waals surface area contributed by atoms with E-state index < -0.39 is 10.2 Å². The van der Waals surface area contributed by atoms with E-state index >= 15 is 0 Å². The van der Waals surface area contributed by atoms with Crippen LogP contribution in [0.2, 0.25) is 0 Å². The molecule has 1 aliphatic heterocycles. The number of benzene rings is 1. The standard InChI is InChI=1S/C11H16N4O3S/c12-10-4-2-1-3-9(10)11(16)14-5-7-15(8-6-14)19(13,17)18/h1-4H,5-8,12H2,(H2,13,17,18). The van der Waals surface area contributed by atoms with Crippen molar-refractivity contribution in [1.82, 2.24) is 9.21 Å². The largest absolute Gasteiger partial charge is 0.398 e. The predicted molar refractivity (Wildman–Crippen MR) is 71.4 cm³/mol. The Morgan fingerprint density at radius 1 is 1.11 bits per heavy atom. The number of anilines is 1. The zero-order chi connectivity index (χ0) is 14.0. The lowest BCUT2D eigenvalue weighted by molar-refractivity contribution is 0.0699. The van der Waals surface area contributed by atoms with Crippen LogP contribution in [0.25, 0.3) is 0 Å². The molecule has 0 saturated carbocycles. The summed E-state index contributed by atoms with van der Waals surface area (Å²) >= 11 is 0. The number of rotatable bonds is 2. The van der Waals surface area contributed by atoms with Gasteiger partial charge >= 0.3 is 0 Å². The highest BCUT2D eigenvalue weighted by Gasteiger charge is 2.27. The van der Waals surface area contributed by atoms with E-state index in [1.807, 2.05) is 0 Å². The molecule has 2 rings (SSSR count). The minimum atomic E-state index is -3.68. The predicted octanol–water partition coefficient (Wildman–Crippen LogP) is -0.770. The van der Waals surface area contributed by atoms with E-state index in [1.165, 1.54) is 0 Å². The number of hydrogen-bond acceptors (Lipinski definition) is 4. The second kappa shape index (κ2) is 5.16. The van der Waals surface area contributed by atoms with Crippen LogP contribution in [-0.4, -0.2) is 49.7 Å². The highest BCUT2D eigenvalue weighted by atomic mass is 32.2. The quantitative estimate of drug-likeness (QED) is 0.695. The van der Waals surface area contributed by atoms with Crippen molar-refractivity contribution in [2.45, 2.75) is 0 Å². The Bertz CT molecular complexity index is 579. The Morgan fingerprint density at radius 3 is 2.21 bits per heavy atom. The van der Waals surface area contributed by atoms with E-state index in [9.17, 15) is 13.2 Å². The molecule has 0 unspecified atom stereocenters. The Morgan fingerprint density at radius 2 is 1.68 bits per heavy atom. The number of amides is 1. The summed E-state index contributed by atoms with van der Waals surface area (Å²) in [5.41, 5.74) is 6.61. The average molecular weight is 284 g/mol. The van der Waals surface area contributed by atoms with Gasteiger partial charge in [-0.25, -0.2) is 5.14 Å². The first-order valence-electron chi connectivity index (χ1n) is 5.81. The maximum Gasteiger partial charge on any atom is 0.277 e. The number of hydrogen-bond donors (Lipinski definition) is 2. The van der Waals surface area contributed by atoms with Gasteiger partial charge in [0, 0.05) is 31.9 Å². The molecule has 0 spiro atoms. The molecule has 4 N–H and O–H groups in total. The summed E-state index contributed by atoms with van der Waals surface area (Å²) in [4.78, 5) is 13.8. The van der Waals surface area contributed by atoms with Gasteiger partial charge in [-0.05, 0) is 12.1 Å². The van der Waals surface area contributed by atoms with E-state index in [2.05, 4.69) is 0 Å². The maximum absolute atomic E-state index is 12.2. The molecule has 1 aromatic carbocycles. The lowest BCUT2D eigenvalue weighted by Crippen LogP contribution is -2.52. The summed E-state index contributed by atoms with van der Waals surface area (Å²) in [6.07, 6.45) is 0. The van der Waals surface area contributed by atoms with Gasteiger partial charge in [0.05, 0.1) is 5.56 Å². The number of carbonyl (C=O) groups excluding carboxylic acids is 1. The van der Waals surface area contributed by atoms with Crippen molar-refractivity contribution >= 4 is 21.8 Å². The zero-order valence-corrected chi connectivity index (χ0v) is 11.1. The highest BCUT2D eigenvalue weighted by Crippen LogP contribution is 2.15. The van der Waals surface area contributed by atoms with E-state index in [1.54, 1.807) is 29.2 Å². The molecule has 0 bridgehead atoms. The number of para-hydroxylation sites is 1. The molecule has 0 aliphatic carbocycles. The Hall–Kier alpha value is -1.64. The van der Waals surface area contributed by atoms with Crippen LogP contribution in [0.3, 0.4) is 0 Å². The fraction of sp³-hybridized carbons (Fsp3) is 0.364. The molecule has 1 saturated heterocycles. The first-order valence-corrected chi connectivity index (χ1v) is 7.31. The molecule has 1 aromatic rings. The van der Waals surface area contributed by atoms with Crippen LogP contribution in [0.5, 0.6) is 0 Å². The fourth-order valence-electron chi connectivity index (χ4n) is 2.01. The van der Waals surface area contributed by atoms with E-state index in [4.69, 9.17) is 10.9 Å². The molecule has 1 amide bonds. The summed E-state index contributed by atoms with van der Waals surface area (Å²) < 4.78 is 23.5. The molecule has 0 radical (unpaired) electrons. The van der Waals surface area contributed by atoms with E-state index in [0.29, 0.717) is 24.3 Å². The van der Waals surface area contributed by atoms with Gasteiger partial charge < -0.3 is 10.6 Å². The van der Waals surface area contributed by atoms with Crippen LogP contribution < -0.4 is 10.9 Å². The topological polar surface area (TPSA) is 110 Å². The van der Waals surface area contributed by atoms with E-state index in [0.717, 1.165) is 4.31 Å². The monoisotopic (exact) mass is 284 g/mol. The van der Waals surface area contributed by atoms with Gasteiger partial charge in [0.15, 0.2) is 0 Å². The van der Waals surface area contributed by atoms with Crippen LogP contribution in [-0.2, 0) is 10.2 Å². The fourth-order valence-corrected chi connectivity index (χ4v) is 2.68. The van der Waals surface area contributed by atoms with Crippen LogP contribution in [0.15, 0.2) is 24.3 Å². The van der Waals surface area contributed by atoms with Crippen LogP contribution in [0, 0.1) is 0 Å². The summed E-state index contributed by atoms with van der Waals surface area (Å²) in [5, 5.41) is 5.04. The average Bonchev–Trinajstić information content (AvgIpc) is 2.38. The molecule has 19 heavy (non-hydrogen) atoms. The van der Waals surface area contributed by atoms with Gasteiger partial charge in [0.1, 0.15) is 0 Å². The molecule has 7 nitrogen and oxygen atoms in total. The molecular formula is C11H16N4O3S. The first-order chi connectivity index (χ1) is 8.89. The van der Waals surface area contributed by atoms with Crippen molar-refractivity contribution in [1.29, 1.82) is 0 Å². The second-order valence-electron chi connectivity index (χ2n) is 4.32. The normalized spacial score (nSPS) is 17.4. The lowest BCUT2D eigenvalue weighted by atomic mass is 10.1. The minimum absolute atomic E-state index is 0.188. The highest BCUT2D eigenvalue weighted by molar-refractivity contribution is 7.86. The van der Waals surface area contributed by atoms with Crippen molar-refractivity contribution in [2.24, 2.45) is 5.14 Å². The van der Waals surface area contributed by atoms with Crippen molar-refractivity contribution in [3.63, 3.8) is 0 Å². The molecule has 1 fully saturated rings. The summed E-state index contributed by atoms with van der Waals surface area (Å²) in [7, 11) is -3.68. The number of piperazine rings is 1. The zero-order valence-electron chi connectivity index (χ0n) is 10.3. The van der Waals surface area contributed by atoms with Crippen LogP contribution >= 0.6 is 0 Å². The van der Waals surface area contributed by atoms with Crippen molar-refractivity contribution in [3.05, 3.63) is 29.8 Å². The number of nitrogen functional groups attached to an aromatic ring is 1. The number of nitrogens with zero attached hydrogens (tertiary/aromatic N) is 2. The Balaban J connectivity index is 2.07. The summed E-state index contributed by atoms with van der Waals surface area (Å²) in [5.74, 6) is -0.188. The Kier molecular flexibility index (Phi) is 3.74. The smallest absolute Gasteiger partial charge is 0.277 e. The van der Waals surface area contributed by atoms with Gasteiger partial charge in [-0.2, -0.15) is 12.7 Å². The molecule has 8 heteroatoms. The molecule has 104 valence electrons. The van der Waals surface area contributed by atoms with E-state index in [-0.39, 0.29) is 19.0 Å². The third-order valence-corrected chi connectivity index (χ3v) is 4.16. The van der Waals surface area contributed by atoms with Crippen LogP contribution in [0.4, 0.5) is 5.69 Å². The molecule has 1 heterocycles. The van der Waals surface area contributed by atoms with Gasteiger partial charge in [0.2, 0.25) is 0 Å².